The first-order chi connectivity index (χ1) is 7.68. The Labute approximate surface area is 93.5 Å². The summed E-state index contributed by atoms with van der Waals surface area (Å²) in [4.78, 5) is 25.4. The SMILES string of the molecule is O=C(O)CCNC(=O)CCc1ccncc1. The van der Waals surface area contributed by atoms with Crippen molar-refractivity contribution in [2.24, 2.45) is 0 Å². The van der Waals surface area contributed by atoms with Crippen LogP contribution in [0.5, 0.6) is 0 Å². The fourth-order valence-corrected chi connectivity index (χ4v) is 1.20. The molecule has 2 N–H and O–H groups in total. The monoisotopic (exact) mass is 222 g/mol. The van der Waals surface area contributed by atoms with Gasteiger partial charge in [0.05, 0.1) is 6.42 Å². The molecule has 0 atom stereocenters. The van der Waals surface area contributed by atoms with Crippen LogP contribution in [0.25, 0.3) is 0 Å². The normalized spacial score (nSPS) is 9.75. The second kappa shape index (κ2) is 6.55. The van der Waals surface area contributed by atoms with Crippen LogP contribution in [0.2, 0.25) is 0 Å². The zero-order valence-corrected chi connectivity index (χ0v) is 8.85. The van der Waals surface area contributed by atoms with Crippen LogP contribution in [0.15, 0.2) is 24.5 Å². The predicted molar refractivity (Wildman–Crippen MR) is 57.8 cm³/mol. The molecule has 0 spiro atoms. The summed E-state index contributed by atoms with van der Waals surface area (Å²) in [6, 6.07) is 3.70. The third-order valence-electron chi connectivity index (χ3n) is 2.05. The molecule has 1 rings (SSSR count). The highest BCUT2D eigenvalue weighted by molar-refractivity contribution is 5.77. The molecule has 5 nitrogen and oxygen atoms in total. The van der Waals surface area contributed by atoms with E-state index in [0.29, 0.717) is 12.8 Å². The minimum absolute atomic E-state index is 0.0407. The summed E-state index contributed by atoms with van der Waals surface area (Å²) in [7, 11) is 0. The number of nitrogens with one attached hydrogen (secondary N) is 1. The molecule has 0 radical (unpaired) electrons. The van der Waals surface area contributed by atoms with Crippen molar-refractivity contribution < 1.29 is 14.7 Å². The highest BCUT2D eigenvalue weighted by atomic mass is 16.4. The summed E-state index contributed by atoms with van der Waals surface area (Å²) in [5.74, 6) is -1.03. The number of hydrogen-bond donors (Lipinski definition) is 2. The zero-order valence-electron chi connectivity index (χ0n) is 8.85. The van der Waals surface area contributed by atoms with Crippen LogP contribution in [0.3, 0.4) is 0 Å². The van der Waals surface area contributed by atoms with E-state index in [1.54, 1.807) is 12.4 Å². The Morgan fingerprint density at radius 3 is 2.56 bits per heavy atom. The van der Waals surface area contributed by atoms with Crippen molar-refractivity contribution in [3.8, 4) is 0 Å². The Balaban J connectivity index is 2.18. The van der Waals surface area contributed by atoms with Crippen molar-refractivity contribution in [3.05, 3.63) is 30.1 Å². The number of carbonyl (C=O) groups is 2. The summed E-state index contributed by atoms with van der Waals surface area (Å²) < 4.78 is 0. The minimum Gasteiger partial charge on any atom is -0.481 e. The molecule has 16 heavy (non-hydrogen) atoms. The molecule has 0 aromatic carbocycles. The van der Waals surface area contributed by atoms with Crippen molar-refractivity contribution >= 4 is 11.9 Å². The van der Waals surface area contributed by atoms with Gasteiger partial charge >= 0.3 is 5.97 Å². The molecule has 86 valence electrons. The van der Waals surface area contributed by atoms with E-state index >= 15 is 0 Å². The maximum Gasteiger partial charge on any atom is 0.305 e. The van der Waals surface area contributed by atoms with Gasteiger partial charge in [-0.3, -0.25) is 14.6 Å². The highest BCUT2D eigenvalue weighted by Gasteiger charge is 2.03. The van der Waals surface area contributed by atoms with Crippen molar-refractivity contribution in [1.29, 1.82) is 0 Å². The summed E-state index contributed by atoms with van der Waals surface area (Å²) in [5.41, 5.74) is 1.04. The van der Waals surface area contributed by atoms with Crippen LogP contribution in [-0.4, -0.2) is 28.5 Å². The Morgan fingerprint density at radius 1 is 1.25 bits per heavy atom. The number of aliphatic carboxylic acids is 1. The van der Waals surface area contributed by atoms with Gasteiger partial charge in [-0.1, -0.05) is 0 Å². The predicted octanol–water partition coefficient (Wildman–Crippen LogP) is 0.605. The third kappa shape index (κ3) is 5.09. The Bertz CT molecular complexity index is 352. The molecule has 1 heterocycles. The maximum atomic E-state index is 11.3. The molecule has 1 aromatic rings. The lowest BCUT2D eigenvalue weighted by atomic mass is 10.1. The van der Waals surface area contributed by atoms with Gasteiger partial charge in [-0.2, -0.15) is 0 Å². The van der Waals surface area contributed by atoms with E-state index in [0.717, 1.165) is 5.56 Å². The first kappa shape index (κ1) is 12.2. The van der Waals surface area contributed by atoms with Crippen molar-refractivity contribution in [2.45, 2.75) is 19.3 Å². The molecule has 0 unspecified atom stereocenters. The highest BCUT2D eigenvalue weighted by Crippen LogP contribution is 2.00. The van der Waals surface area contributed by atoms with E-state index < -0.39 is 5.97 Å². The quantitative estimate of drug-likeness (QED) is 0.739. The maximum absolute atomic E-state index is 11.3. The first-order valence-corrected chi connectivity index (χ1v) is 5.06. The van der Waals surface area contributed by atoms with Gasteiger partial charge in [0, 0.05) is 25.4 Å². The van der Waals surface area contributed by atoms with Crippen LogP contribution in [0.4, 0.5) is 0 Å². The molecule has 1 amide bonds. The van der Waals surface area contributed by atoms with E-state index in [1.807, 2.05) is 12.1 Å². The molecule has 0 aliphatic carbocycles. The standard InChI is InChI=1S/C11H14N2O3/c14-10(13-8-5-11(15)16)2-1-9-3-6-12-7-4-9/h3-4,6-7H,1-2,5,8H2,(H,13,14)(H,15,16). The number of carbonyl (C=O) groups excluding carboxylic acids is 1. The van der Waals surface area contributed by atoms with Gasteiger partial charge in [0.25, 0.3) is 0 Å². The Morgan fingerprint density at radius 2 is 1.94 bits per heavy atom. The minimum atomic E-state index is -0.908. The molecule has 0 fully saturated rings. The lowest BCUT2D eigenvalue weighted by Crippen LogP contribution is -2.26. The number of pyridine rings is 1. The van der Waals surface area contributed by atoms with Gasteiger partial charge in [-0.05, 0) is 24.1 Å². The molecular weight excluding hydrogens is 208 g/mol. The van der Waals surface area contributed by atoms with Crippen LogP contribution in [0.1, 0.15) is 18.4 Å². The average Bonchev–Trinajstić information content (AvgIpc) is 2.27. The van der Waals surface area contributed by atoms with E-state index in [9.17, 15) is 9.59 Å². The molecule has 1 aromatic heterocycles. The van der Waals surface area contributed by atoms with Gasteiger partial charge in [0.1, 0.15) is 0 Å². The Kier molecular flexibility index (Phi) is 4.98. The van der Waals surface area contributed by atoms with Gasteiger partial charge < -0.3 is 10.4 Å². The number of carboxylic acids is 1. The summed E-state index contributed by atoms with van der Waals surface area (Å²) in [6.45, 7) is 0.185. The molecular formula is C11H14N2O3. The lowest BCUT2D eigenvalue weighted by Gasteiger charge is -2.03. The van der Waals surface area contributed by atoms with Crippen LogP contribution in [-0.2, 0) is 16.0 Å². The third-order valence-corrected chi connectivity index (χ3v) is 2.05. The number of rotatable bonds is 6. The number of aryl methyl sites for hydroxylation is 1. The van der Waals surface area contributed by atoms with E-state index in [-0.39, 0.29) is 18.9 Å². The van der Waals surface area contributed by atoms with E-state index in [4.69, 9.17) is 5.11 Å². The lowest BCUT2D eigenvalue weighted by molar-refractivity contribution is -0.136. The van der Waals surface area contributed by atoms with E-state index in [2.05, 4.69) is 10.3 Å². The molecule has 0 aliphatic rings. The molecule has 5 heteroatoms. The fourth-order valence-electron chi connectivity index (χ4n) is 1.20. The van der Waals surface area contributed by atoms with Crippen LogP contribution in [0, 0.1) is 0 Å². The number of nitrogens with zero attached hydrogens (tertiary/aromatic N) is 1. The number of carboxylic acid groups (broad SMARTS) is 1. The first-order valence-electron chi connectivity index (χ1n) is 5.06. The van der Waals surface area contributed by atoms with Gasteiger partial charge in [-0.15, -0.1) is 0 Å². The topological polar surface area (TPSA) is 79.3 Å². The smallest absolute Gasteiger partial charge is 0.305 e. The van der Waals surface area contributed by atoms with E-state index in [1.165, 1.54) is 0 Å². The summed E-state index contributed by atoms with van der Waals surface area (Å²) >= 11 is 0. The summed E-state index contributed by atoms with van der Waals surface area (Å²) in [5, 5.41) is 10.9. The van der Waals surface area contributed by atoms with Gasteiger partial charge in [0.2, 0.25) is 5.91 Å². The molecule has 0 saturated heterocycles. The van der Waals surface area contributed by atoms with Crippen LogP contribution < -0.4 is 5.32 Å². The molecule has 0 bridgehead atoms. The van der Waals surface area contributed by atoms with Crippen molar-refractivity contribution in [2.75, 3.05) is 6.54 Å². The largest absolute Gasteiger partial charge is 0.481 e. The number of hydrogen-bond acceptors (Lipinski definition) is 3. The van der Waals surface area contributed by atoms with Crippen molar-refractivity contribution in [1.82, 2.24) is 10.3 Å². The average molecular weight is 222 g/mol. The Hall–Kier alpha value is -1.91. The number of amides is 1. The van der Waals surface area contributed by atoms with Crippen LogP contribution >= 0.6 is 0 Å². The summed E-state index contributed by atoms with van der Waals surface area (Å²) in [6.07, 6.45) is 4.32. The second-order valence-corrected chi connectivity index (χ2v) is 3.35. The fraction of sp³-hybridized carbons (Fsp3) is 0.364. The number of aromatic nitrogens is 1. The molecule has 0 aliphatic heterocycles. The van der Waals surface area contributed by atoms with Gasteiger partial charge in [-0.25, -0.2) is 0 Å². The van der Waals surface area contributed by atoms with Gasteiger partial charge in [0.15, 0.2) is 0 Å². The second-order valence-electron chi connectivity index (χ2n) is 3.35. The zero-order chi connectivity index (χ0) is 11.8. The van der Waals surface area contributed by atoms with Crippen molar-refractivity contribution in [3.63, 3.8) is 0 Å². The molecule has 0 saturated carbocycles.